The molecule has 4 nitrogen and oxygen atoms in total. The van der Waals surface area contributed by atoms with Crippen molar-refractivity contribution in [3.05, 3.63) is 22.7 Å². The van der Waals surface area contributed by atoms with Gasteiger partial charge in [-0.2, -0.15) is 4.98 Å². The Bertz CT molecular complexity index is 242. The van der Waals surface area contributed by atoms with Crippen molar-refractivity contribution in [1.29, 1.82) is 0 Å². The number of hydrogen-bond donors (Lipinski definition) is 2. The maximum Gasteiger partial charge on any atom is 0.346 e. The highest BCUT2D eigenvalue weighted by Gasteiger charge is 1.87. The lowest BCUT2D eigenvalue weighted by Crippen LogP contribution is -2.10. The van der Waals surface area contributed by atoms with Gasteiger partial charge in [-0.05, 0) is 0 Å². The second kappa shape index (κ2) is 2.30. The highest BCUT2D eigenvalue weighted by Crippen LogP contribution is 1.89. The van der Waals surface area contributed by atoms with Gasteiger partial charge in [0.1, 0.15) is 5.82 Å². The van der Waals surface area contributed by atoms with Crippen LogP contribution in [0.2, 0.25) is 0 Å². The van der Waals surface area contributed by atoms with Crippen molar-refractivity contribution in [1.82, 2.24) is 9.97 Å². The summed E-state index contributed by atoms with van der Waals surface area (Å²) < 4.78 is 0. The molecule has 1 aromatic heterocycles. The number of hydrogen-bond acceptors (Lipinski definition) is 3. The first-order chi connectivity index (χ1) is 4.33. The molecule has 1 aromatic rings. The van der Waals surface area contributed by atoms with Crippen molar-refractivity contribution >= 4 is 5.82 Å². The van der Waals surface area contributed by atoms with E-state index in [1.54, 1.807) is 7.05 Å². The normalized spacial score (nSPS) is 9.00. The molecule has 1 heterocycles. The van der Waals surface area contributed by atoms with Crippen LogP contribution in [-0.4, -0.2) is 17.0 Å². The quantitative estimate of drug-likeness (QED) is 0.536. The van der Waals surface area contributed by atoms with Crippen LogP contribution in [0, 0.1) is 6.07 Å². The standard InChI is InChI=1S/C5H6N3O/c1-6-4-2-3-7-5(9)8-4/h3H,1H3,(H2,6,7,8,9). The fourth-order valence-corrected chi connectivity index (χ4v) is 0.460. The van der Waals surface area contributed by atoms with Gasteiger partial charge in [-0.3, -0.25) is 0 Å². The Morgan fingerprint density at radius 2 is 2.67 bits per heavy atom. The number of aromatic nitrogens is 2. The highest BCUT2D eigenvalue weighted by atomic mass is 16.1. The average Bonchev–Trinajstić information content (AvgIpc) is 1.88. The molecule has 0 unspecified atom stereocenters. The van der Waals surface area contributed by atoms with E-state index in [9.17, 15) is 4.79 Å². The van der Waals surface area contributed by atoms with Gasteiger partial charge >= 0.3 is 5.69 Å². The first-order valence-electron chi connectivity index (χ1n) is 2.48. The van der Waals surface area contributed by atoms with Gasteiger partial charge in [0.15, 0.2) is 0 Å². The molecule has 0 fully saturated rings. The fraction of sp³-hybridized carbons (Fsp3) is 0.200. The van der Waals surface area contributed by atoms with Gasteiger partial charge in [-0.25, -0.2) is 4.79 Å². The van der Waals surface area contributed by atoms with E-state index in [4.69, 9.17) is 0 Å². The summed E-state index contributed by atoms with van der Waals surface area (Å²) in [6.45, 7) is 0. The molecule has 0 amide bonds. The number of H-pyrrole nitrogens is 1. The van der Waals surface area contributed by atoms with Crippen LogP contribution in [0.15, 0.2) is 11.0 Å². The zero-order chi connectivity index (χ0) is 6.69. The summed E-state index contributed by atoms with van der Waals surface area (Å²) in [5, 5.41) is 2.68. The first kappa shape index (κ1) is 5.81. The second-order valence-electron chi connectivity index (χ2n) is 1.45. The molecule has 1 rings (SSSR count). The maximum atomic E-state index is 10.4. The molecule has 0 spiro atoms. The van der Waals surface area contributed by atoms with Crippen LogP contribution in [-0.2, 0) is 0 Å². The predicted octanol–water partition coefficient (Wildman–Crippen LogP) is -0.388. The van der Waals surface area contributed by atoms with Crippen molar-refractivity contribution in [2.75, 3.05) is 12.4 Å². The lowest BCUT2D eigenvalue weighted by molar-refractivity contribution is 1.07. The van der Waals surface area contributed by atoms with Gasteiger partial charge in [-0.15, -0.1) is 0 Å². The Hall–Kier alpha value is -1.32. The number of aromatic amines is 1. The summed E-state index contributed by atoms with van der Waals surface area (Å²) in [7, 11) is 1.68. The molecular weight excluding hydrogens is 118 g/mol. The van der Waals surface area contributed by atoms with Gasteiger partial charge in [0.25, 0.3) is 0 Å². The number of rotatable bonds is 1. The first-order valence-corrected chi connectivity index (χ1v) is 2.48. The molecule has 0 aromatic carbocycles. The Labute approximate surface area is 51.9 Å². The minimum absolute atomic E-state index is 0.363. The third kappa shape index (κ3) is 1.28. The van der Waals surface area contributed by atoms with Crippen LogP contribution in [0.1, 0.15) is 0 Å². The predicted molar refractivity (Wildman–Crippen MR) is 33.2 cm³/mol. The van der Waals surface area contributed by atoms with Gasteiger partial charge in [0.05, 0.1) is 0 Å². The summed E-state index contributed by atoms with van der Waals surface area (Å²) in [6, 6.07) is 2.68. The Kier molecular flexibility index (Phi) is 1.48. The summed E-state index contributed by atoms with van der Waals surface area (Å²) in [4.78, 5) is 16.3. The third-order valence-corrected chi connectivity index (χ3v) is 0.855. The monoisotopic (exact) mass is 124 g/mol. The molecule has 9 heavy (non-hydrogen) atoms. The fourth-order valence-electron chi connectivity index (χ4n) is 0.460. The smallest absolute Gasteiger partial charge is 0.346 e. The van der Waals surface area contributed by atoms with E-state index in [0.717, 1.165) is 0 Å². The van der Waals surface area contributed by atoms with Crippen LogP contribution in [0.25, 0.3) is 0 Å². The minimum atomic E-state index is -0.363. The van der Waals surface area contributed by atoms with Crippen molar-refractivity contribution in [3.63, 3.8) is 0 Å². The molecule has 47 valence electrons. The molecular formula is C5H6N3O. The van der Waals surface area contributed by atoms with E-state index >= 15 is 0 Å². The van der Waals surface area contributed by atoms with Crippen LogP contribution in [0.4, 0.5) is 5.82 Å². The SMILES string of the molecule is CNc1[c]c[nH]c(=O)n1. The van der Waals surface area contributed by atoms with Gasteiger partial charge in [0.2, 0.25) is 0 Å². The van der Waals surface area contributed by atoms with E-state index in [1.807, 2.05) is 0 Å². The summed E-state index contributed by atoms with van der Waals surface area (Å²) in [6.07, 6.45) is 1.42. The number of nitrogens with one attached hydrogen (secondary N) is 2. The zero-order valence-electron chi connectivity index (χ0n) is 4.93. The molecule has 1 radical (unpaired) electrons. The van der Waals surface area contributed by atoms with Crippen molar-refractivity contribution in [3.8, 4) is 0 Å². The molecule has 0 bridgehead atoms. The Balaban J connectivity index is 3.08. The molecule has 0 aliphatic heterocycles. The van der Waals surface area contributed by atoms with Crippen LogP contribution >= 0.6 is 0 Å². The van der Waals surface area contributed by atoms with E-state index < -0.39 is 0 Å². The molecule has 4 heteroatoms. The second-order valence-corrected chi connectivity index (χ2v) is 1.45. The maximum absolute atomic E-state index is 10.4. The molecule has 0 saturated heterocycles. The lowest BCUT2D eigenvalue weighted by atomic mass is 10.6. The van der Waals surface area contributed by atoms with Gasteiger partial charge < -0.3 is 10.3 Å². The van der Waals surface area contributed by atoms with Gasteiger partial charge in [0, 0.05) is 19.3 Å². The van der Waals surface area contributed by atoms with Crippen LogP contribution < -0.4 is 11.0 Å². The molecule has 0 atom stereocenters. The van der Waals surface area contributed by atoms with E-state index in [0.29, 0.717) is 5.82 Å². The Morgan fingerprint density at radius 3 is 3.11 bits per heavy atom. The van der Waals surface area contributed by atoms with Crippen LogP contribution in [0.3, 0.4) is 0 Å². The lowest BCUT2D eigenvalue weighted by Gasteiger charge is -1.91. The van der Waals surface area contributed by atoms with Crippen molar-refractivity contribution in [2.45, 2.75) is 0 Å². The summed E-state index contributed by atoms with van der Waals surface area (Å²) in [5.74, 6) is 0.457. The summed E-state index contributed by atoms with van der Waals surface area (Å²) in [5.41, 5.74) is -0.363. The Morgan fingerprint density at radius 1 is 1.89 bits per heavy atom. The van der Waals surface area contributed by atoms with Gasteiger partial charge in [-0.1, -0.05) is 0 Å². The van der Waals surface area contributed by atoms with E-state index in [2.05, 4.69) is 21.4 Å². The zero-order valence-corrected chi connectivity index (χ0v) is 4.93. The van der Waals surface area contributed by atoms with Crippen LogP contribution in [0.5, 0.6) is 0 Å². The van der Waals surface area contributed by atoms with Crippen molar-refractivity contribution in [2.24, 2.45) is 0 Å². The molecule has 0 saturated carbocycles. The molecule has 2 N–H and O–H groups in total. The van der Waals surface area contributed by atoms with E-state index in [1.165, 1.54) is 6.20 Å². The average molecular weight is 124 g/mol. The van der Waals surface area contributed by atoms with Crippen molar-refractivity contribution < 1.29 is 0 Å². The van der Waals surface area contributed by atoms with E-state index in [-0.39, 0.29) is 5.69 Å². The number of nitrogens with zero attached hydrogens (tertiary/aromatic N) is 1. The number of anilines is 1. The highest BCUT2D eigenvalue weighted by molar-refractivity contribution is 5.28. The molecule has 0 aliphatic rings. The largest absolute Gasteiger partial charge is 0.372 e. The minimum Gasteiger partial charge on any atom is -0.372 e. The molecule has 0 aliphatic carbocycles. The summed E-state index contributed by atoms with van der Waals surface area (Å²) >= 11 is 0. The third-order valence-electron chi connectivity index (χ3n) is 0.855. The topological polar surface area (TPSA) is 57.8 Å².